The molecule has 0 aliphatic heterocycles. The third-order valence-electron chi connectivity index (χ3n) is 2.30. The molecule has 14 heavy (non-hydrogen) atoms. The van der Waals surface area contributed by atoms with Crippen LogP contribution in [0.25, 0.3) is 0 Å². The zero-order chi connectivity index (χ0) is 9.97. The number of rotatable bonds is 3. The van der Waals surface area contributed by atoms with Crippen LogP contribution in [-0.4, -0.2) is 6.04 Å². The summed E-state index contributed by atoms with van der Waals surface area (Å²) in [6.45, 7) is 0.705. The Balaban J connectivity index is 2.07. The van der Waals surface area contributed by atoms with Gasteiger partial charge < -0.3 is 5.32 Å². The third-order valence-corrected chi connectivity index (χ3v) is 2.30. The van der Waals surface area contributed by atoms with Gasteiger partial charge in [-0.3, -0.25) is 0 Å². The van der Waals surface area contributed by atoms with Gasteiger partial charge in [-0.2, -0.15) is 0 Å². The van der Waals surface area contributed by atoms with Crippen molar-refractivity contribution in [3.05, 3.63) is 35.1 Å². The number of hydrogen-bond donors (Lipinski definition) is 1. The molecule has 1 nitrogen and oxygen atoms in total. The molecule has 0 saturated heterocycles. The molecular formula is C12H12FN. The molecule has 1 aromatic rings. The molecule has 0 unspecified atom stereocenters. The fourth-order valence-corrected chi connectivity index (χ4v) is 1.39. The maximum Gasteiger partial charge on any atom is 0.124 e. The summed E-state index contributed by atoms with van der Waals surface area (Å²) in [4.78, 5) is 0. The smallest absolute Gasteiger partial charge is 0.124 e. The van der Waals surface area contributed by atoms with Crippen molar-refractivity contribution in [1.29, 1.82) is 0 Å². The molecule has 2 rings (SSSR count). The molecule has 1 saturated carbocycles. The van der Waals surface area contributed by atoms with E-state index in [0.717, 1.165) is 5.56 Å². The molecule has 0 radical (unpaired) electrons. The lowest BCUT2D eigenvalue weighted by Crippen LogP contribution is -2.15. The van der Waals surface area contributed by atoms with Crippen LogP contribution in [0.4, 0.5) is 4.39 Å². The van der Waals surface area contributed by atoms with Crippen LogP contribution in [0.5, 0.6) is 0 Å². The van der Waals surface area contributed by atoms with E-state index < -0.39 is 0 Å². The third kappa shape index (κ3) is 2.34. The summed E-state index contributed by atoms with van der Waals surface area (Å²) >= 11 is 0. The van der Waals surface area contributed by atoms with Crippen molar-refractivity contribution in [3.63, 3.8) is 0 Å². The minimum atomic E-state index is -0.256. The lowest BCUT2D eigenvalue weighted by Gasteiger charge is -2.03. The van der Waals surface area contributed by atoms with Crippen LogP contribution < -0.4 is 5.32 Å². The normalized spacial score (nSPS) is 15.1. The quantitative estimate of drug-likeness (QED) is 0.718. The van der Waals surface area contributed by atoms with Gasteiger partial charge in [-0.05, 0) is 36.6 Å². The molecule has 0 amide bonds. The van der Waals surface area contributed by atoms with Gasteiger partial charge in [0, 0.05) is 18.2 Å². The maximum atomic E-state index is 13.0. The predicted molar refractivity (Wildman–Crippen MR) is 54.2 cm³/mol. The number of terminal acetylenes is 1. The van der Waals surface area contributed by atoms with Crippen LogP contribution >= 0.6 is 0 Å². The maximum absolute atomic E-state index is 13.0. The van der Waals surface area contributed by atoms with Gasteiger partial charge in [0.15, 0.2) is 0 Å². The second kappa shape index (κ2) is 3.81. The second-order valence-electron chi connectivity index (χ2n) is 3.65. The molecule has 1 aliphatic carbocycles. The van der Waals surface area contributed by atoms with E-state index in [4.69, 9.17) is 6.42 Å². The topological polar surface area (TPSA) is 12.0 Å². The molecule has 0 heterocycles. The Hall–Kier alpha value is -1.33. The summed E-state index contributed by atoms with van der Waals surface area (Å²) in [5.41, 5.74) is 1.53. The molecule has 1 aromatic carbocycles. The minimum Gasteiger partial charge on any atom is -0.310 e. The molecule has 2 heteroatoms. The first-order valence-electron chi connectivity index (χ1n) is 4.77. The SMILES string of the molecule is C#Cc1cc(F)cc(CNC2CC2)c1. The standard InChI is InChI=1S/C12H12FN/c1-2-9-5-10(7-11(13)6-9)8-14-12-3-4-12/h1,5-7,12,14H,3-4,8H2. The van der Waals surface area contributed by atoms with Crippen molar-refractivity contribution < 1.29 is 4.39 Å². The summed E-state index contributed by atoms with van der Waals surface area (Å²) in [5, 5.41) is 3.32. The summed E-state index contributed by atoms with van der Waals surface area (Å²) in [5.74, 6) is 2.19. The summed E-state index contributed by atoms with van der Waals surface area (Å²) in [6.07, 6.45) is 7.69. The van der Waals surface area contributed by atoms with E-state index in [1.807, 2.05) is 6.07 Å². The van der Waals surface area contributed by atoms with Gasteiger partial charge >= 0.3 is 0 Å². The van der Waals surface area contributed by atoms with Crippen LogP contribution in [0.3, 0.4) is 0 Å². The first-order chi connectivity index (χ1) is 6.78. The Morgan fingerprint density at radius 1 is 1.43 bits per heavy atom. The van der Waals surface area contributed by atoms with Crippen LogP contribution in [0.2, 0.25) is 0 Å². The number of halogens is 1. The number of nitrogens with one attached hydrogen (secondary N) is 1. The second-order valence-corrected chi connectivity index (χ2v) is 3.65. The highest BCUT2D eigenvalue weighted by Crippen LogP contribution is 2.19. The Morgan fingerprint density at radius 3 is 2.86 bits per heavy atom. The van der Waals surface area contributed by atoms with E-state index in [0.29, 0.717) is 18.2 Å². The Labute approximate surface area is 83.3 Å². The Kier molecular flexibility index (Phi) is 2.51. The number of hydrogen-bond acceptors (Lipinski definition) is 1. The van der Waals surface area contributed by atoms with Crippen LogP contribution in [-0.2, 0) is 6.54 Å². The molecule has 0 aromatic heterocycles. The Morgan fingerprint density at radius 2 is 2.21 bits per heavy atom. The zero-order valence-electron chi connectivity index (χ0n) is 7.89. The summed E-state index contributed by atoms with van der Waals surface area (Å²) in [6, 6.07) is 5.38. The average Bonchev–Trinajstić information content (AvgIpc) is 2.97. The fourth-order valence-electron chi connectivity index (χ4n) is 1.39. The highest BCUT2D eigenvalue weighted by Gasteiger charge is 2.19. The molecule has 1 fully saturated rings. The van der Waals surface area contributed by atoms with Gasteiger partial charge in [-0.1, -0.05) is 5.92 Å². The van der Waals surface area contributed by atoms with Crippen molar-refractivity contribution in [2.45, 2.75) is 25.4 Å². The van der Waals surface area contributed by atoms with Crippen molar-refractivity contribution in [1.82, 2.24) is 5.32 Å². The molecule has 0 atom stereocenters. The van der Waals surface area contributed by atoms with E-state index >= 15 is 0 Å². The average molecular weight is 189 g/mol. The van der Waals surface area contributed by atoms with Gasteiger partial charge in [-0.25, -0.2) is 4.39 Å². The van der Waals surface area contributed by atoms with Gasteiger partial charge in [-0.15, -0.1) is 6.42 Å². The highest BCUT2D eigenvalue weighted by molar-refractivity contribution is 5.36. The molecule has 0 spiro atoms. The lowest BCUT2D eigenvalue weighted by molar-refractivity contribution is 0.619. The molecule has 1 aliphatic rings. The molecule has 0 bridgehead atoms. The van der Waals surface area contributed by atoms with Crippen molar-refractivity contribution in [2.24, 2.45) is 0 Å². The summed E-state index contributed by atoms with van der Waals surface area (Å²) < 4.78 is 13.0. The van der Waals surface area contributed by atoms with Crippen LogP contribution in [0, 0.1) is 18.2 Å². The first-order valence-corrected chi connectivity index (χ1v) is 4.77. The van der Waals surface area contributed by atoms with Crippen molar-refractivity contribution >= 4 is 0 Å². The molecule has 72 valence electrons. The van der Waals surface area contributed by atoms with Gasteiger partial charge in [0.2, 0.25) is 0 Å². The highest BCUT2D eigenvalue weighted by atomic mass is 19.1. The minimum absolute atomic E-state index is 0.256. The van der Waals surface area contributed by atoms with Crippen molar-refractivity contribution in [3.8, 4) is 12.3 Å². The van der Waals surface area contributed by atoms with Gasteiger partial charge in [0.25, 0.3) is 0 Å². The van der Waals surface area contributed by atoms with E-state index in [2.05, 4.69) is 11.2 Å². The first kappa shape index (κ1) is 9.23. The fraction of sp³-hybridized carbons (Fsp3) is 0.333. The Bertz CT molecular complexity index is 374. The van der Waals surface area contributed by atoms with Crippen LogP contribution in [0.15, 0.2) is 18.2 Å². The van der Waals surface area contributed by atoms with E-state index in [-0.39, 0.29) is 5.82 Å². The lowest BCUT2D eigenvalue weighted by atomic mass is 10.1. The number of benzene rings is 1. The predicted octanol–water partition coefficient (Wildman–Crippen LogP) is 2.06. The van der Waals surface area contributed by atoms with Gasteiger partial charge in [0.05, 0.1) is 0 Å². The molecule has 1 N–H and O–H groups in total. The van der Waals surface area contributed by atoms with E-state index in [1.165, 1.54) is 25.0 Å². The monoisotopic (exact) mass is 189 g/mol. The molecular weight excluding hydrogens is 177 g/mol. The largest absolute Gasteiger partial charge is 0.310 e. The zero-order valence-corrected chi connectivity index (χ0v) is 7.89. The van der Waals surface area contributed by atoms with E-state index in [1.54, 1.807) is 0 Å². The summed E-state index contributed by atoms with van der Waals surface area (Å²) in [7, 11) is 0. The van der Waals surface area contributed by atoms with E-state index in [9.17, 15) is 4.39 Å². The van der Waals surface area contributed by atoms with Crippen molar-refractivity contribution in [2.75, 3.05) is 0 Å². The van der Waals surface area contributed by atoms with Gasteiger partial charge in [0.1, 0.15) is 5.82 Å². The van der Waals surface area contributed by atoms with Crippen LogP contribution in [0.1, 0.15) is 24.0 Å².